The van der Waals surface area contributed by atoms with E-state index in [1.54, 1.807) is 70.1 Å². The summed E-state index contributed by atoms with van der Waals surface area (Å²) in [5.74, 6) is -4.00. The van der Waals surface area contributed by atoms with E-state index in [1.807, 2.05) is 27.7 Å². The van der Waals surface area contributed by atoms with Gasteiger partial charge in [-0.1, -0.05) is 78.3 Å². The molecule has 282 valence electrons. The van der Waals surface area contributed by atoms with Gasteiger partial charge in [-0.3, -0.25) is 28.8 Å². The number of ketones is 3. The normalized spacial score (nSPS) is 21.0. The number of likely N-dealkylation sites (tertiary alicyclic amines) is 1. The molecule has 1 saturated carbocycles. The van der Waals surface area contributed by atoms with E-state index in [0.717, 1.165) is 0 Å². The lowest BCUT2D eigenvalue weighted by Crippen LogP contribution is -2.58. The molecule has 0 aromatic heterocycles. The number of nitrogens with zero attached hydrogens (tertiary/aromatic N) is 2. The SMILES string of the molecule is CCCC(CC(=O)[C@@H]1C2C(CN1C(=O)[C@@H](NC(=O)OC(C)(C)C)C(C)(C)C)C2(C)C)C(=O)C(=O)CCC(=O)NC(C(=O)N(C)C)c1ccccc1. The van der Waals surface area contributed by atoms with Gasteiger partial charge in [-0.05, 0) is 55.4 Å². The fourth-order valence-corrected chi connectivity index (χ4v) is 7.16. The van der Waals surface area contributed by atoms with E-state index in [0.29, 0.717) is 24.9 Å². The minimum atomic E-state index is -0.974. The smallest absolute Gasteiger partial charge is 0.408 e. The fourth-order valence-electron chi connectivity index (χ4n) is 7.16. The van der Waals surface area contributed by atoms with Crippen molar-refractivity contribution in [1.29, 1.82) is 0 Å². The Morgan fingerprint density at radius 1 is 0.941 bits per heavy atom. The van der Waals surface area contributed by atoms with Crippen molar-refractivity contribution in [3.05, 3.63) is 35.9 Å². The molecule has 1 aromatic rings. The number of Topliss-reactive ketones (excluding diaryl/α,β-unsaturated/α-hetero) is 3. The molecular formula is C39H58N4O8. The number of hydrogen-bond acceptors (Lipinski definition) is 8. The number of rotatable bonds is 15. The molecule has 1 aliphatic heterocycles. The van der Waals surface area contributed by atoms with Crippen LogP contribution in [0, 0.1) is 28.6 Å². The number of amides is 4. The van der Waals surface area contributed by atoms with Gasteiger partial charge in [0.1, 0.15) is 17.7 Å². The summed E-state index contributed by atoms with van der Waals surface area (Å²) in [7, 11) is 3.16. The fraction of sp³-hybridized carbons (Fsp3) is 0.667. The van der Waals surface area contributed by atoms with Crippen molar-refractivity contribution in [3.8, 4) is 0 Å². The molecule has 0 radical (unpaired) electrons. The maximum Gasteiger partial charge on any atom is 0.408 e. The van der Waals surface area contributed by atoms with Gasteiger partial charge in [0.15, 0.2) is 11.6 Å². The first-order valence-electron chi connectivity index (χ1n) is 18.0. The van der Waals surface area contributed by atoms with Gasteiger partial charge in [0, 0.05) is 45.8 Å². The van der Waals surface area contributed by atoms with Crippen molar-refractivity contribution in [1.82, 2.24) is 20.4 Å². The predicted molar refractivity (Wildman–Crippen MR) is 192 cm³/mol. The van der Waals surface area contributed by atoms with Gasteiger partial charge in [-0.25, -0.2) is 4.79 Å². The number of piperidine rings is 1. The first-order chi connectivity index (χ1) is 23.5. The standard InChI is InChI=1S/C39H58N4O8/c1-12-16-24(32(47)26(44)19-20-28(46)40-30(34(48)42(10)11)23-17-14-13-15-18-23)21-27(45)31-29-25(39(29,8)9)22-43(31)35(49)33(37(2,3)4)41-36(50)51-38(5,6)7/h13-15,17-18,24-25,29-31,33H,12,16,19-22H2,1-11H3,(H,40,46)(H,41,50)/t24?,25?,29?,30?,31-,33-/m1/s1. The van der Waals surface area contributed by atoms with Gasteiger partial charge >= 0.3 is 6.09 Å². The van der Waals surface area contributed by atoms with E-state index in [-0.39, 0.29) is 48.2 Å². The molecule has 0 spiro atoms. The molecule has 1 heterocycles. The van der Waals surface area contributed by atoms with Gasteiger partial charge in [0.05, 0.1) is 6.04 Å². The van der Waals surface area contributed by atoms with E-state index < -0.39 is 64.5 Å². The molecular weight excluding hydrogens is 652 g/mol. The largest absolute Gasteiger partial charge is 0.444 e. The van der Waals surface area contributed by atoms with Crippen LogP contribution in [0.2, 0.25) is 0 Å². The van der Waals surface area contributed by atoms with Crippen LogP contribution in [0.15, 0.2) is 30.3 Å². The van der Waals surface area contributed by atoms with Crippen LogP contribution in [-0.2, 0) is 33.5 Å². The Labute approximate surface area is 302 Å². The summed E-state index contributed by atoms with van der Waals surface area (Å²) in [6.45, 7) is 17.0. The van der Waals surface area contributed by atoms with Crippen molar-refractivity contribution in [2.75, 3.05) is 20.6 Å². The molecule has 51 heavy (non-hydrogen) atoms. The molecule has 1 saturated heterocycles. The summed E-state index contributed by atoms with van der Waals surface area (Å²) in [6.07, 6.45) is -0.789. The van der Waals surface area contributed by atoms with Gasteiger partial charge in [-0.15, -0.1) is 0 Å². The van der Waals surface area contributed by atoms with Crippen molar-refractivity contribution in [2.24, 2.45) is 28.6 Å². The molecule has 2 fully saturated rings. The molecule has 12 nitrogen and oxygen atoms in total. The zero-order valence-corrected chi connectivity index (χ0v) is 32.3. The van der Waals surface area contributed by atoms with Crippen molar-refractivity contribution >= 4 is 41.2 Å². The summed E-state index contributed by atoms with van der Waals surface area (Å²) in [5.41, 5.74) is -1.08. The minimum Gasteiger partial charge on any atom is -0.444 e. The highest BCUT2D eigenvalue weighted by atomic mass is 16.6. The van der Waals surface area contributed by atoms with Crippen molar-refractivity contribution < 1.29 is 38.3 Å². The average Bonchev–Trinajstić information content (AvgIpc) is 3.33. The predicted octanol–water partition coefficient (Wildman–Crippen LogP) is 4.65. The summed E-state index contributed by atoms with van der Waals surface area (Å²) in [4.78, 5) is 96.4. The number of benzene rings is 1. The Kier molecular flexibility index (Phi) is 13.0. The maximum atomic E-state index is 14.2. The zero-order chi connectivity index (χ0) is 38.6. The highest BCUT2D eigenvalue weighted by Gasteiger charge is 2.69. The summed E-state index contributed by atoms with van der Waals surface area (Å²) in [6, 6.07) is 6.01. The molecule has 2 aliphatic rings. The second-order valence-corrected chi connectivity index (χ2v) is 16.9. The number of ether oxygens (including phenoxy) is 1. The lowest BCUT2D eigenvalue weighted by atomic mass is 9.84. The van der Waals surface area contributed by atoms with E-state index in [2.05, 4.69) is 24.5 Å². The van der Waals surface area contributed by atoms with Crippen LogP contribution < -0.4 is 10.6 Å². The zero-order valence-electron chi connectivity index (χ0n) is 32.3. The van der Waals surface area contributed by atoms with E-state index in [1.165, 1.54) is 4.90 Å². The van der Waals surface area contributed by atoms with Crippen LogP contribution >= 0.6 is 0 Å². The summed E-state index contributed by atoms with van der Waals surface area (Å²) in [5, 5.41) is 5.42. The number of carbonyl (C=O) groups excluding carboxylic acids is 7. The van der Waals surface area contributed by atoms with Gasteiger partial charge in [-0.2, -0.15) is 0 Å². The molecule has 4 unspecified atom stereocenters. The highest BCUT2D eigenvalue weighted by molar-refractivity contribution is 6.38. The molecule has 6 atom stereocenters. The number of hydrogen-bond donors (Lipinski definition) is 2. The van der Waals surface area contributed by atoms with Crippen LogP contribution in [-0.4, -0.2) is 89.3 Å². The molecule has 1 aromatic carbocycles. The van der Waals surface area contributed by atoms with Gasteiger partial charge in [0.2, 0.25) is 23.5 Å². The first kappa shape index (κ1) is 41.3. The molecule has 12 heteroatoms. The first-order valence-corrected chi connectivity index (χ1v) is 18.0. The van der Waals surface area contributed by atoms with Crippen LogP contribution in [0.4, 0.5) is 4.79 Å². The molecule has 2 N–H and O–H groups in total. The third kappa shape index (κ3) is 10.3. The number of nitrogens with one attached hydrogen (secondary N) is 2. The third-order valence-electron chi connectivity index (χ3n) is 10.0. The van der Waals surface area contributed by atoms with Crippen molar-refractivity contribution in [3.63, 3.8) is 0 Å². The number of alkyl carbamates (subject to hydrolysis) is 1. The highest BCUT2D eigenvalue weighted by Crippen LogP contribution is 2.65. The van der Waals surface area contributed by atoms with Crippen LogP contribution in [0.1, 0.15) is 106 Å². The van der Waals surface area contributed by atoms with E-state index >= 15 is 0 Å². The van der Waals surface area contributed by atoms with Crippen molar-refractivity contribution in [2.45, 2.75) is 118 Å². The number of fused-ring (bicyclic) bond motifs is 1. The Balaban J connectivity index is 1.73. The van der Waals surface area contributed by atoms with Gasteiger partial charge in [0.25, 0.3) is 0 Å². The molecule has 3 rings (SSSR count). The van der Waals surface area contributed by atoms with Crippen LogP contribution in [0.3, 0.4) is 0 Å². The van der Waals surface area contributed by atoms with Crippen LogP contribution in [0.25, 0.3) is 0 Å². The second kappa shape index (κ2) is 16.1. The van der Waals surface area contributed by atoms with E-state index in [9.17, 15) is 33.6 Å². The monoisotopic (exact) mass is 710 g/mol. The van der Waals surface area contributed by atoms with E-state index in [4.69, 9.17) is 4.74 Å². The molecule has 0 bridgehead atoms. The Hall–Kier alpha value is -4.09. The second-order valence-electron chi connectivity index (χ2n) is 16.9. The topological polar surface area (TPSA) is 159 Å². The van der Waals surface area contributed by atoms with Gasteiger partial charge < -0.3 is 25.2 Å². The molecule has 4 amide bonds. The quantitative estimate of drug-likeness (QED) is 0.249. The molecule has 1 aliphatic carbocycles. The Morgan fingerprint density at radius 3 is 2.08 bits per heavy atom. The third-order valence-corrected chi connectivity index (χ3v) is 10.0. The minimum absolute atomic E-state index is 0.0807. The lowest BCUT2D eigenvalue weighted by Gasteiger charge is -2.38. The maximum absolute atomic E-state index is 14.2. The summed E-state index contributed by atoms with van der Waals surface area (Å²) >= 11 is 0. The number of likely N-dealkylation sites (N-methyl/N-ethyl adjacent to an activating group) is 1. The number of carbonyl (C=O) groups is 7. The average molecular weight is 711 g/mol. The Morgan fingerprint density at radius 2 is 1.55 bits per heavy atom. The Bertz CT molecular complexity index is 1490. The van der Waals surface area contributed by atoms with Crippen LogP contribution in [0.5, 0.6) is 0 Å². The lowest BCUT2D eigenvalue weighted by molar-refractivity contribution is -0.145. The summed E-state index contributed by atoms with van der Waals surface area (Å²) < 4.78 is 5.44.